The van der Waals surface area contributed by atoms with E-state index in [1.54, 1.807) is 24.3 Å². The molecule has 1 heterocycles. The van der Waals surface area contributed by atoms with E-state index < -0.39 is 27.3 Å². The number of carbonyl (C=O) groups excluding carboxylic acids is 1. The minimum Gasteiger partial charge on any atom is -0.321 e. The summed E-state index contributed by atoms with van der Waals surface area (Å²) in [5, 5.41) is 3.54. The van der Waals surface area contributed by atoms with Gasteiger partial charge in [0.1, 0.15) is 11.5 Å². The van der Waals surface area contributed by atoms with E-state index in [4.69, 9.17) is 0 Å². The van der Waals surface area contributed by atoms with Crippen LogP contribution in [0.3, 0.4) is 0 Å². The SMILES string of the molecule is CS(=O)(=O)Nc1cc(NC(=O)c2cc3ccccc3c(=O)[nH]2)ccc1F. The molecule has 1 amide bonds. The van der Waals surface area contributed by atoms with Crippen LogP contribution < -0.4 is 15.6 Å². The van der Waals surface area contributed by atoms with Crippen LogP contribution in [-0.2, 0) is 10.0 Å². The van der Waals surface area contributed by atoms with E-state index in [0.29, 0.717) is 10.8 Å². The Morgan fingerprint density at radius 3 is 2.58 bits per heavy atom. The molecule has 3 rings (SSSR count). The summed E-state index contributed by atoms with van der Waals surface area (Å²) < 4.78 is 38.3. The minimum absolute atomic E-state index is 0.0237. The zero-order valence-electron chi connectivity index (χ0n) is 13.5. The lowest BCUT2D eigenvalue weighted by atomic mass is 10.1. The Morgan fingerprint density at radius 1 is 1.12 bits per heavy atom. The van der Waals surface area contributed by atoms with Crippen molar-refractivity contribution in [3.63, 3.8) is 0 Å². The van der Waals surface area contributed by atoms with Gasteiger partial charge in [0.25, 0.3) is 11.5 Å². The third-order valence-corrected chi connectivity index (χ3v) is 4.11. The summed E-state index contributed by atoms with van der Waals surface area (Å²) in [4.78, 5) is 26.9. The summed E-state index contributed by atoms with van der Waals surface area (Å²) >= 11 is 0. The number of aromatic amines is 1. The summed E-state index contributed by atoms with van der Waals surface area (Å²) in [6, 6.07) is 11.8. The van der Waals surface area contributed by atoms with Gasteiger partial charge in [-0.2, -0.15) is 0 Å². The number of nitrogens with one attached hydrogen (secondary N) is 3. The average molecular weight is 375 g/mol. The number of benzene rings is 2. The molecule has 0 aliphatic carbocycles. The number of H-pyrrole nitrogens is 1. The number of fused-ring (bicyclic) bond motifs is 1. The van der Waals surface area contributed by atoms with Crippen molar-refractivity contribution in [2.24, 2.45) is 0 Å². The molecule has 0 spiro atoms. The molecule has 134 valence electrons. The van der Waals surface area contributed by atoms with Gasteiger partial charge in [0.15, 0.2) is 0 Å². The van der Waals surface area contributed by atoms with E-state index in [1.165, 1.54) is 12.1 Å². The number of aromatic nitrogens is 1. The summed E-state index contributed by atoms with van der Waals surface area (Å²) in [6.07, 6.45) is 0.886. The van der Waals surface area contributed by atoms with E-state index >= 15 is 0 Å². The maximum absolute atomic E-state index is 13.7. The van der Waals surface area contributed by atoms with E-state index in [2.05, 4.69) is 10.3 Å². The number of hydrogen-bond donors (Lipinski definition) is 3. The second kappa shape index (κ2) is 6.60. The number of hydrogen-bond acceptors (Lipinski definition) is 4. The van der Waals surface area contributed by atoms with Gasteiger partial charge in [0.2, 0.25) is 10.0 Å². The van der Waals surface area contributed by atoms with Gasteiger partial charge in [-0.3, -0.25) is 14.3 Å². The highest BCUT2D eigenvalue weighted by Crippen LogP contribution is 2.21. The average Bonchev–Trinajstić information content (AvgIpc) is 2.56. The van der Waals surface area contributed by atoms with Crippen LogP contribution in [0.15, 0.2) is 53.3 Å². The molecule has 1 aromatic heterocycles. The van der Waals surface area contributed by atoms with Gasteiger partial charge in [0, 0.05) is 11.1 Å². The minimum atomic E-state index is -3.68. The van der Waals surface area contributed by atoms with E-state index in [9.17, 15) is 22.4 Å². The molecule has 0 atom stereocenters. The zero-order valence-corrected chi connectivity index (χ0v) is 14.4. The number of amides is 1. The van der Waals surface area contributed by atoms with E-state index in [1.807, 2.05) is 4.72 Å². The Hall–Kier alpha value is -3.20. The predicted molar refractivity (Wildman–Crippen MR) is 97.4 cm³/mol. The number of rotatable bonds is 4. The molecule has 9 heteroatoms. The smallest absolute Gasteiger partial charge is 0.272 e. The van der Waals surface area contributed by atoms with Crippen LogP contribution in [0.1, 0.15) is 10.5 Å². The quantitative estimate of drug-likeness (QED) is 0.650. The van der Waals surface area contributed by atoms with Gasteiger partial charge < -0.3 is 10.3 Å². The molecule has 0 bridgehead atoms. The Bertz CT molecular complexity index is 1170. The van der Waals surface area contributed by atoms with Crippen LogP contribution in [0.25, 0.3) is 10.8 Å². The molecule has 0 unspecified atom stereocenters. The third kappa shape index (κ3) is 3.89. The van der Waals surface area contributed by atoms with E-state index in [-0.39, 0.29) is 17.1 Å². The molecule has 0 saturated heterocycles. The van der Waals surface area contributed by atoms with Crippen LogP contribution in [0.4, 0.5) is 15.8 Å². The summed E-state index contributed by atoms with van der Waals surface area (Å²) in [7, 11) is -3.68. The lowest BCUT2D eigenvalue weighted by molar-refractivity contribution is 0.102. The normalized spacial score (nSPS) is 11.3. The Morgan fingerprint density at radius 2 is 1.85 bits per heavy atom. The molecule has 0 saturated carbocycles. The first-order valence-corrected chi connectivity index (χ1v) is 9.33. The van der Waals surface area contributed by atoms with Crippen molar-refractivity contribution in [3.05, 3.63) is 70.4 Å². The van der Waals surface area contributed by atoms with Crippen LogP contribution >= 0.6 is 0 Å². The molecule has 0 radical (unpaired) electrons. The highest BCUT2D eigenvalue weighted by Gasteiger charge is 2.13. The molecule has 3 aromatic rings. The molecule has 3 N–H and O–H groups in total. The number of anilines is 2. The zero-order chi connectivity index (χ0) is 18.9. The monoisotopic (exact) mass is 375 g/mol. The highest BCUT2D eigenvalue weighted by molar-refractivity contribution is 7.92. The van der Waals surface area contributed by atoms with Crippen molar-refractivity contribution in [2.75, 3.05) is 16.3 Å². The molecule has 26 heavy (non-hydrogen) atoms. The van der Waals surface area contributed by atoms with E-state index in [0.717, 1.165) is 18.4 Å². The first-order valence-electron chi connectivity index (χ1n) is 7.44. The van der Waals surface area contributed by atoms with Gasteiger partial charge in [-0.05, 0) is 35.7 Å². The Balaban J connectivity index is 1.91. The number of carbonyl (C=O) groups is 1. The van der Waals surface area contributed by atoms with Crippen molar-refractivity contribution >= 4 is 38.1 Å². The van der Waals surface area contributed by atoms with Gasteiger partial charge in [-0.15, -0.1) is 0 Å². The van der Waals surface area contributed by atoms with Crippen molar-refractivity contribution in [1.29, 1.82) is 0 Å². The predicted octanol–water partition coefficient (Wildman–Crippen LogP) is 2.29. The van der Waals surface area contributed by atoms with Crippen molar-refractivity contribution in [2.45, 2.75) is 0 Å². The van der Waals surface area contributed by atoms with Crippen LogP contribution in [0.2, 0.25) is 0 Å². The van der Waals surface area contributed by atoms with Crippen LogP contribution in [0.5, 0.6) is 0 Å². The molecule has 0 fully saturated rings. The van der Waals surface area contributed by atoms with Crippen molar-refractivity contribution in [3.8, 4) is 0 Å². The highest BCUT2D eigenvalue weighted by atomic mass is 32.2. The number of halogens is 1. The molecular weight excluding hydrogens is 361 g/mol. The van der Waals surface area contributed by atoms with Crippen LogP contribution in [-0.4, -0.2) is 25.6 Å². The van der Waals surface area contributed by atoms with Crippen molar-refractivity contribution in [1.82, 2.24) is 4.98 Å². The fraction of sp³-hybridized carbons (Fsp3) is 0.0588. The maximum atomic E-state index is 13.7. The number of sulfonamides is 1. The maximum Gasteiger partial charge on any atom is 0.272 e. The Kier molecular flexibility index (Phi) is 4.47. The topological polar surface area (TPSA) is 108 Å². The molecular formula is C17H14FN3O4S. The lowest BCUT2D eigenvalue weighted by Gasteiger charge is -2.10. The first-order chi connectivity index (χ1) is 12.2. The van der Waals surface area contributed by atoms with Gasteiger partial charge in [0.05, 0.1) is 11.9 Å². The Labute approximate surface area is 147 Å². The second-order valence-corrected chi connectivity index (χ2v) is 7.37. The fourth-order valence-electron chi connectivity index (χ4n) is 2.41. The molecule has 2 aromatic carbocycles. The molecule has 7 nitrogen and oxygen atoms in total. The van der Waals surface area contributed by atoms with Crippen LogP contribution in [0, 0.1) is 5.82 Å². The first kappa shape index (κ1) is 17.6. The number of pyridine rings is 1. The fourth-order valence-corrected chi connectivity index (χ4v) is 2.97. The summed E-state index contributed by atoms with van der Waals surface area (Å²) in [6.45, 7) is 0. The summed E-state index contributed by atoms with van der Waals surface area (Å²) in [5.74, 6) is -1.41. The van der Waals surface area contributed by atoms with Gasteiger partial charge in [-0.1, -0.05) is 18.2 Å². The molecule has 0 aliphatic rings. The van der Waals surface area contributed by atoms with Crippen molar-refractivity contribution < 1.29 is 17.6 Å². The van der Waals surface area contributed by atoms with Gasteiger partial charge >= 0.3 is 0 Å². The standard InChI is InChI=1S/C17H14FN3O4S/c1-26(24,25)21-14-9-11(6-7-13(14)18)19-17(23)15-8-10-4-2-3-5-12(10)16(22)20-15/h2-9,21H,1H3,(H,19,23)(H,20,22). The lowest BCUT2D eigenvalue weighted by Crippen LogP contribution is -2.19. The third-order valence-electron chi connectivity index (χ3n) is 3.52. The molecule has 0 aliphatic heterocycles. The second-order valence-electron chi connectivity index (χ2n) is 5.62. The summed E-state index contributed by atoms with van der Waals surface area (Å²) in [5.41, 5.74) is -0.517. The largest absolute Gasteiger partial charge is 0.321 e. The van der Waals surface area contributed by atoms with Gasteiger partial charge in [-0.25, -0.2) is 12.8 Å².